The van der Waals surface area contributed by atoms with Gasteiger partial charge in [0.25, 0.3) is 0 Å². The zero-order chi connectivity index (χ0) is 15.7. The largest absolute Gasteiger partial charge is 0.310 e. The van der Waals surface area contributed by atoms with E-state index in [0.29, 0.717) is 11.1 Å². The van der Waals surface area contributed by atoms with Crippen molar-refractivity contribution < 1.29 is 0 Å². The van der Waals surface area contributed by atoms with E-state index < -0.39 is 0 Å². The summed E-state index contributed by atoms with van der Waals surface area (Å²) in [6, 6.07) is 6.20. The van der Waals surface area contributed by atoms with E-state index in [2.05, 4.69) is 32.2 Å². The molecule has 3 heteroatoms. The fourth-order valence-electron chi connectivity index (χ4n) is 2.74. The summed E-state index contributed by atoms with van der Waals surface area (Å²) in [6.07, 6.45) is 7.40. The van der Waals surface area contributed by atoms with E-state index in [9.17, 15) is 0 Å². The zero-order valence-electron chi connectivity index (χ0n) is 13.6. The van der Waals surface area contributed by atoms with Crippen LogP contribution in [0.25, 0.3) is 0 Å². The van der Waals surface area contributed by atoms with Gasteiger partial charge in [0, 0.05) is 16.1 Å². The van der Waals surface area contributed by atoms with Crippen LogP contribution in [0.1, 0.15) is 70.9 Å². The van der Waals surface area contributed by atoms with Crippen molar-refractivity contribution in [2.24, 2.45) is 5.92 Å². The molecule has 0 spiro atoms. The second kappa shape index (κ2) is 10.5. The molecule has 0 saturated carbocycles. The molecule has 2 atom stereocenters. The molecule has 1 rings (SSSR count). The van der Waals surface area contributed by atoms with Gasteiger partial charge in [-0.25, -0.2) is 0 Å². The minimum absolute atomic E-state index is 0.330. The Labute approximate surface area is 140 Å². The molecule has 1 aromatic rings. The van der Waals surface area contributed by atoms with Gasteiger partial charge >= 0.3 is 0 Å². The van der Waals surface area contributed by atoms with Crippen LogP contribution < -0.4 is 5.32 Å². The fraction of sp³-hybridized carbons (Fsp3) is 0.667. The summed E-state index contributed by atoms with van der Waals surface area (Å²) in [5.74, 6) is 0.756. The van der Waals surface area contributed by atoms with E-state index in [1.54, 1.807) is 0 Å². The Morgan fingerprint density at radius 2 is 1.86 bits per heavy atom. The normalized spacial score (nSPS) is 14.1. The predicted molar refractivity (Wildman–Crippen MR) is 95.4 cm³/mol. The van der Waals surface area contributed by atoms with Crippen molar-refractivity contribution in [3.8, 4) is 0 Å². The molecule has 0 amide bonds. The first-order valence-electron chi connectivity index (χ1n) is 8.30. The monoisotopic (exact) mass is 329 g/mol. The molecular formula is C18H29Cl2N. The first kappa shape index (κ1) is 18.8. The topological polar surface area (TPSA) is 12.0 Å². The van der Waals surface area contributed by atoms with Gasteiger partial charge in [-0.3, -0.25) is 0 Å². The number of nitrogens with one attached hydrogen (secondary N) is 1. The maximum atomic E-state index is 6.41. The van der Waals surface area contributed by atoms with E-state index >= 15 is 0 Å². The summed E-state index contributed by atoms with van der Waals surface area (Å²) in [5.41, 5.74) is 1.18. The summed E-state index contributed by atoms with van der Waals surface area (Å²) in [4.78, 5) is 0. The Morgan fingerprint density at radius 1 is 1.10 bits per heavy atom. The number of benzene rings is 1. The van der Waals surface area contributed by atoms with Crippen LogP contribution in [-0.4, -0.2) is 6.54 Å². The van der Waals surface area contributed by atoms with E-state index in [1.807, 2.05) is 12.1 Å². The summed E-state index contributed by atoms with van der Waals surface area (Å²) >= 11 is 12.4. The van der Waals surface area contributed by atoms with Crippen molar-refractivity contribution in [3.63, 3.8) is 0 Å². The first-order valence-corrected chi connectivity index (χ1v) is 9.06. The van der Waals surface area contributed by atoms with Gasteiger partial charge in [-0.05, 0) is 43.0 Å². The predicted octanol–water partition coefficient (Wildman–Crippen LogP) is 6.64. The fourth-order valence-corrected chi connectivity index (χ4v) is 3.28. The molecule has 0 heterocycles. The Balaban J connectivity index is 2.83. The minimum atomic E-state index is 0.330. The van der Waals surface area contributed by atoms with Crippen LogP contribution in [0.5, 0.6) is 0 Å². The van der Waals surface area contributed by atoms with Gasteiger partial charge in [-0.1, -0.05) is 75.7 Å². The van der Waals surface area contributed by atoms with Crippen LogP contribution in [-0.2, 0) is 0 Å². The van der Waals surface area contributed by atoms with Gasteiger partial charge < -0.3 is 5.32 Å². The molecule has 0 aromatic heterocycles. The lowest BCUT2D eigenvalue weighted by Gasteiger charge is -2.25. The van der Waals surface area contributed by atoms with Crippen LogP contribution in [0.2, 0.25) is 10.0 Å². The highest BCUT2D eigenvalue weighted by Crippen LogP contribution is 2.32. The average molecular weight is 330 g/mol. The van der Waals surface area contributed by atoms with E-state index in [0.717, 1.165) is 30.3 Å². The highest BCUT2D eigenvalue weighted by atomic mass is 35.5. The van der Waals surface area contributed by atoms with Gasteiger partial charge in [0.15, 0.2) is 0 Å². The van der Waals surface area contributed by atoms with Gasteiger partial charge in [-0.15, -0.1) is 0 Å². The molecule has 120 valence electrons. The summed E-state index contributed by atoms with van der Waals surface area (Å²) in [6.45, 7) is 7.77. The summed E-state index contributed by atoms with van der Waals surface area (Å²) < 4.78 is 0. The molecule has 0 aliphatic heterocycles. The molecule has 0 saturated heterocycles. The summed E-state index contributed by atoms with van der Waals surface area (Å²) in [5, 5.41) is 5.14. The van der Waals surface area contributed by atoms with Crippen molar-refractivity contribution in [2.75, 3.05) is 6.54 Å². The first-order chi connectivity index (χ1) is 10.1. The van der Waals surface area contributed by atoms with Gasteiger partial charge in [0.1, 0.15) is 0 Å². The smallest absolute Gasteiger partial charge is 0.0468 e. The Kier molecular flexibility index (Phi) is 9.39. The quantitative estimate of drug-likeness (QED) is 0.507. The minimum Gasteiger partial charge on any atom is -0.310 e. The van der Waals surface area contributed by atoms with Crippen LogP contribution in [0.3, 0.4) is 0 Å². The molecule has 0 radical (unpaired) electrons. The lowest BCUT2D eigenvalue weighted by molar-refractivity contribution is 0.354. The number of halogens is 2. The molecule has 0 fully saturated rings. The number of unbranched alkanes of at least 4 members (excludes halogenated alkanes) is 1. The van der Waals surface area contributed by atoms with Crippen molar-refractivity contribution in [2.45, 2.75) is 65.3 Å². The molecule has 21 heavy (non-hydrogen) atoms. The zero-order valence-corrected chi connectivity index (χ0v) is 15.1. The van der Waals surface area contributed by atoms with Gasteiger partial charge in [0.05, 0.1) is 0 Å². The molecule has 1 nitrogen and oxygen atoms in total. The number of hydrogen-bond donors (Lipinski definition) is 1. The molecule has 1 aromatic carbocycles. The average Bonchev–Trinajstić information content (AvgIpc) is 2.47. The van der Waals surface area contributed by atoms with Crippen molar-refractivity contribution >= 4 is 23.2 Å². The molecule has 2 unspecified atom stereocenters. The molecule has 1 N–H and O–H groups in total. The van der Waals surface area contributed by atoms with E-state index in [1.165, 1.54) is 31.2 Å². The van der Waals surface area contributed by atoms with Crippen molar-refractivity contribution in [1.82, 2.24) is 5.32 Å². The maximum Gasteiger partial charge on any atom is 0.0468 e. The van der Waals surface area contributed by atoms with Crippen LogP contribution in [0, 0.1) is 5.92 Å². The Morgan fingerprint density at radius 3 is 2.43 bits per heavy atom. The van der Waals surface area contributed by atoms with Crippen molar-refractivity contribution in [1.29, 1.82) is 0 Å². The second-order valence-electron chi connectivity index (χ2n) is 5.82. The van der Waals surface area contributed by atoms with Crippen LogP contribution in [0.4, 0.5) is 0 Å². The van der Waals surface area contributed by atoms with Gasteiger partial charge in [0.2, 0.25) is 0 Å². The Hall–Kier alpha value is -0.240. The highest BCUT2D eigenvalue weighted by molar-refractivity contribution is 6.35. The number of hydrogen-bond acceptors (Lipinski definition) is 1. The Bertz CT molecular complexity index is 406. The third kappa shape index (κ3) is 6.59. The summed E-state index contributed by atoms with van der Waals surface area (Å²) in [7, 11) is 0. The maximum absolute atomic E-state index is 6.41. The molecular weight excluding hydrogens is 301 g/mol. The van der Waals surface area contributed by atoms with E-state index in [-0.39, 0.29) is 0 Å². The second-order valence-corrected chi connectivity index (χ2v) is 6.67. The third-order valence-electron chi connectivity index (χ3n) is 4.09. The molecule has 0 aliphatic carbocycles. The lowest BCUT2D eigenvalue weighted by Crippen LogP contribution is -2.25. The van der Waals surface area contributed by atoms with Crippen LogP contribution >= 0.6 is 23.2 Å². The standard InChI is InChI=1S/C18H29Cl2N/c1-4-7-8-14(6-3)12-18(21-11-5-2)16-10-9-15(19)13-17(16)20/h9-10,13-14,18,21H,4-8,11-12H2,1-3H3. The highest BCUT2D eigenvalue weighted by Gasteiger charge is 2.18. The third-order valence-corrected chi connectivity index (χ3v) is 4.65. The number of rotatable bonds is 10. The van der Waals surface area contributed by atoms with Gasteiger partial charge in [-0.2, -0.15) is 0 Å². The van der Waals surface area contributed by atoms with Crippen LogP contribution in [0.15, 0.2) is 18.2 Å². The van der Waals surface area contributed by atoms with E-state index in [4.69, 9.17) is 23.2 Å². The van der Waals surface area contributed by atoms with Crippen molar-refractivity contribution in [3.05, 3.63) is 33.8 Å². The SMILES string of the molecule is CCCCC(CC)CC(NCCC)c1ccc(Cl)cc1Cl. The molecule has 0 bridgehead atoms. The lowest BCUT2D eigenvalue weighted by atomic mass is 9.89. The molecule has 0 aliphatic rings.